The maximum absolute atomic E-state index is 12.6. The van der Waals surface area contributed by atoms with E-state index in [9.17, 15) is 18.0 Å². The van der Waals surface area contributed by atoms with Crippen molar-refractivity contribution in [3.05, 3.63) is 23.9 Å². The van der Waals surface area contributed by atoms with E-state index in [4.69, 9.17) is 5.11 Å². The summed E-state index contributed by atoms with van der Waals surface area (Å²) in [6.07, 6.45) is -2.99. The average molecular weight is 304 g/mol. The first-order valence-corrected chi connectivity index (χ1v) is 6.49. The molecule has 1 aromatic heterocycles. The molecule has 0 aliphatic carbocycles. The first kappa shape index (κ1) is 17.3. The summed E-state index contributed by atoms with van der Waals surface area (Å²) in [4.78, 5) is 15.0. The van der Waals surface area contributed by atoms with Crippen molar-refractivity contribution in [1.29, 1.82) is 0 Å². The van der Waals surface area contributed by atoms with Gasteiger partial charge in [-0.1, -0.05) is 20.8 Å². The first-order chi connectivity index (χ1) is 9.49. The number of hydrogen-bond acceptors (Lipinski definition) is 3. The van der Waals surface area contributed by atoms with Crippen LogP contribution in [0.25, 0.3) is 0 Å². The lowest BCUT2D eigenvalue weighted by Gasteiger charge is -2.23. The standard InChI is InChI=1S/C14H19F3N2O2/c1-13(2,3)7-9(12(20)21)8-19-11-6-10(4-5-18-11)14(15,16)17/h4-6,9H,7-8H2,1-3H3,(H,18,19)(H,20,21). The molecule has 1 aromatic rings. The summed E-state index contributed by atoms with van der Waals surface area (Å²) in [5.74, 6) is -1.66. The first-order valence-electron chi connectivity index (χ1n) is 6.49. The molecule has 0 saturated carbocycles. The van der Waals surface area contributed by atoms with Crippen LogP contribution in [0.4, 0.5) is 19.0 Å². The van der Waals surface area contributed by atoms with Gasteiger partial charge in [-0.3, -0.25) is 4.79 Å². The molecule has 0 saturated heterocycles. The maximum Gasteiger partial charge on any atom is 0.416 e. The summed E-state index contributed by atoms with van der Waals surface area (Å²) < 4.78 is 37.7. The Morgan fingerprint density at radius 2 is 2.00 bits per heavy atom. The lowest BCUT2D eigenvalue weighted by atomic mass is 9.84. The number of pyridine rings is 1. The van der Waals surface area contributed by atoms with Gasteiger partial charge in [-0.15, -0.1) is 0 Å². The average Bonchev–Trinajstić information content (AvgIpc) is 2.32. The number of carboxylic acids is 1. The number of nitrogens with zero attached hydrogens (tertiary/aromatic N) is 1. The smallest absolute Gasteiger partial charge is 0.416 e. The predicted octanol–water partition coefficient (Wildman–Crippen LogP) is 3.65. The Balaban J connectivity index is 2.75. The van der Waals surface area contributed by atoms with E-state index in [-0.39, 0.29) is 17.8 Å². The minimum Gasteiger partial charge on any atom is -0.481 e. The second-order valence-electron chi connectivity index (χ2n) is 6.11. The van der Waals surface area contributed by atoms with Crippen LogP contribution in [0.5, 0.6) is 0 Å². The van der Waals surface area contributed by atoms with Crippen LogP contribution in [0.2, 0.25) is 0 Å². The Labute approximate surface area is 121 Å². The molecular formula is C14H19F3N2O2. The number of carboxylic acid groups (broad SMARTS) is 1. The van der Waals surface area contributed by atoms with Gasteiger partial charge in [0.15, 0.2) is 0 Å². The SMILES string of the molecule is CC(C)(C)CC(CNc1cc(C(F)(F)F)ccn1)C(=O)O. The Bertz CT molecular complexity index is 496. The molecule has 0 bridgehead atoms. The molecule has 21 heavy (non-hydrogen) atoms. The van der Waals surface area contributed by atoms with Gasteiger partial charge in [-0.2, -0.15) is 13.2 Å². The fourth-order valence-electron chi connectivity index (χ4n) is 1.92. The Kier molecular flexibility index (Phi) is 5.20. The zero-order valence-corrected chi connectivity index (χ0v) is 12.2. The van der Waals surface area contributed by atoms with Gasteiger partial charge in [0.1, 0.15) is 5.82 Å². The minimum absolute atomic E-state index is 0.0185. The van der Waals surface area contributed by atoms with Crippen molar-refractivity contribution >= 4 is 11.8 Å². The molecule has 0 fully saturated rings. The number of anilines is 1. The number of aromatic nitrogens is 1. The second kappa shape index (κ2) is 6.32. The van der Waals surface area contributed by atoms with Crippen molar-refractivity contribution < 1.29 is 23.1 Å². The highest BCUT2D eigenvalue weighted by atomic mass is 19.4. The van der Waals surface area contributed by atoms with Crippen molar-refractivity contribution in [1.82, 2.24) is 4.98 Å². The van der Waals surface area contributed by atoms with Gasteiger partial charge in [0.05, 0.1) is 11.5 Å². The number of halogens is 3. The lowest BCUT2D eigenvalue weighted by molar-refractivity contribution is -0.142. The summed E-state index contributed by atoms with van der Waals surface area (Å²) in [6, 6.07) is 1.74. The van der Waals surface area contributed by atoms with E-state index >= 15 is 0 Å². The summed E-state index contributed by atoms with van der Waals surface area (Å²) in [5, 5.41) is 11.8. The summed E-state index contributed by atoms with van der Waals surface area (Å²) in [5.41, 5.74) is -1.01. The Hall–Kier alpha value is -1.79. The molecular weight excluding hydrogens is 285 g/mol. The molecule has 0 aliphatic rings. The highest BCUT2D eigenvalue weighted by Crippen LogP contribution is 2.30. The molecule has 1 atom stereocenters. The van der Waals surface area contributed by atoms with E-state index in [2.05, 4.69) is 10.3 Å². The molecule has 0 aliphatic heterocycles. The molecule has 7 heteroatoms. The monoisotopic (exact) mass is 304 g/mol. The van der Waals surface area contributed by atoms with Crippen molar-refractivity contribution in [2.24, 2.45) is 11.3 Å². The van der Waals surface area contributed by atoms with Gasteiger partial charge in [0.2, 0.25) is 0 Å². The van der Waals surface area contributed by atoms with E-state index < -0.39 is 23.6 Å². The number of rotatable bonds is 5. The third-order valence-corrected chi connectivity index (χ3v) is 2.82. The molecule has 0 radical (unpaired) electrons. The van der Waals surface area contributed by atoms with Crippen molar-refractivity contribution in [3.63, 3.8) is 0 Å². The van der Waals surface area contributed by atoms with Crippen LogP contribution < -0.4 is 5.32 Å². The third-order valence-electron chi connectivity index (χ3n) is 2.82. The fourth-order valence-corrected chi connectivity index (χ4v) is 1.92. The maximum atomic E-state index is 12.6. The molecule has 0 spiro atoms. The van der Waals surface area contributed by atoms with Crippen molar-refractivity contribution in [2.75, 3.05) is 11.9 Å². The minimum atomic E-state index is -4.45. The number of aliphatic carboxylic acids is 1. The van der Waals surface area contributed by atoms with E-state index in [1.807, 2.05) is 20.8 Å². The van der Waals surface area contributed by atoms with Gasteiger partial charge in [0, 0.05) is 12.7 Å². The van der Waals surface area contributed by atoms with Crippen LogP contribution in [0.1, 0.15) is 32.8 Å². The van der Waals surface area contributed by atoms with Crippen LogP contribution in [0.3, 0.4) is 0 Å². The Morgan fingerprint density at radius 3 is 2.48 bits per heavy atom. The second-order valence-corrected chi connectivity index (χ2v) is 6.11. The van der Waals surface area contributed by atoms with Gasteiger partial charge < -0.3 is 10.4 Å². The largest absolute Gasteiger partial charge is 0.481 e. The van der Waals surface area contributed by atoms with Crippen molar-refractivity contribution in [2.45, 2.75) is 33.4 Å². The van der Waals surface area contributed by atoms with Crippen LogP contribution in [-0.4, -0.2) is 22.6 Å². The number of nitrogens with one attached hydrogen (secondary N) is 1. The summed E-state index contributed by atoms with van der Waals surface area (Å²) in [7, 11) is 0. The van der Waals surface area contributed by atoms with Crippen LogP contribution in [-0.2, 0) is 11.0 Å². The van der Waals surface area contributed by atoms with Crippen LogP contribution >= 0.6 is 0 Å². The molecule has 2 N–H and O–H groups in total. The fraction of sp³-hybridized carbons (Fsp3) is 0.571. The van der Waals surface area contributed by atoms with Gasteiger partial charge in [-0.05, 0) is 24.0 Å². The number of alkyl halides is 3. The summed E-state index contributed by atoms with van der Waals surface area (Å²) >= 11 is 0. The van der Waals surface area contributed by atoms with E-state index in [1.165, 1.54) is 0 Å². The third kappa shape index (κ3) is 6.01. The normalized spacial score (nSPS) is 13.8. The van der Waals surface area contributed by atoms with Crippen molar-refractivity contribution in [3.8, 4) is 0 Å². The molecule has 118 valence electrons. The highest BCUT2D eigenvalue weighted by Gasteiger charge is 2.31. The number of carbonyl (C=O) groups is 1. The van der Waals surface area contributed by atoms with E-state index in [1.54, 1.807) is 0 Å². The van der Waals surface area contributed by atoms with Crippen LogP contribution in [0.15, 0.2) is 18.3 Å². The molecule has 1 unspecified atom stereocenters. The quantitative estimate of drug-likeness (QED) is 0.871. The zero-order valence-electron chi connectivity index (χ0n) is 12.2. The molecule has 1 rings (SSSR count). The van der Waals surface area contributed by atoms with E-state index in [0.29, 0.717) is 6.42 Å². The summed E-state index contributed by atoms with van der Waals surface area (Å²) in [6.45, 7) is 5.75. The molecule has 4 nitrogen and oxygen atoms in total. The lowest BCUT2D eigenvalue weighted by Crippen LogP contribution is -2.27. The van der Waals surface area contributed by atoms with Gasteiger partial charge >= 0.3 is 12.1 Å². The Morgan fingerprint density at radius 1 is 1.38 bits per heavy atom. The predicted molar refractivity (Wildman–Crippen MR) is 72.9 cm³/mol. The van der Waals surface area contributed by atoms with Gasteiger partial charge in [0.25, 0.3) is 0 Å². The molecule has 0 amide bonds. The number of hydrogen-bond donors (Lipinski definition) is 2. The molecule has 1 heterocycles. The molecule has 0 aromatic carbocycles. The highest BCUT2D eigenvalue weighted by molar-refractivity contribution is 5.70. The zero-order chi connectivity index (χ0) is 16.3. The topological polar surface area (TPSA) is 62.2 Å². The van der Waals surface area contributed by atoms with E-state index in [0.717, 1.165) is 18.3 Å². The van der Waals surface area contributed by atoms with Gasteiger partial charge in [-0.25, -0.2) is 4.98 Å². The van der Waals surface area contributed by atoms with Crippen LogP contribution in [0, 0.1) is 11.3 Å².